The summed E-state index contributed by atoms with van der Waals surface area (Å²) in [5.41, 5.74) is 9.29. The van der Waals surface area contributed by atoms with Crippen molar-refractivity contribution in [3.05, 3.63) is 99.8 Å². The van der Waals surface area contributed by atoms with E-state index in [4.69, 9.17) is 33.4 Å². The second-order valence-electron chi connectivity index (χ2n) is 8.74. The first-order chi connectivity index (χ1) is 19.1. The predicted molar refractivity (Wildman–Crippen MR) is 157 cm³/mol. The minimum Gasteiger partial charge on any atom is -0.416 e. The fraction of sp³-hybridized carbons (Fsp3) is 0.111. The molecule has 0 amide bonds. The molecule has 0 fully saturated rings. The number of hydrogen-bond acceptors (Lipinski definition) is 7. The van der Waals surface area contributed by atoms with Crippen molar-refractivity contribution in [3.63, 3.8) is 0 Å². The lowest BCUT2D eigenvalue weighted by atomic mass is 10.2. The first kappa shape index (κ1) is 27.9. The van der Waals surface area contributed by atoms with Crippen LogP contribution in [0.2, 0.25) is 10.0 Å². The standard InChI is InChI=1S/C27H22Cl2N6O3S2/c1-16-12-17(2)35(33-16)27(30)34-40(36,37)24-13-21(22(29)14-23(24)39-15-18-6-4-3-5-7-18)26-32-31-25(38-26)19-8-10-20(28)11-9-19/h3-14H,15H2,1-2H3,(H2,30,34). The second-order valence-corrected chi connectivity index (χ2v) is 12.2. The molecule has 0 saturated heterocycles. The molecule has 0 radical (unpaired) electrons. The van der Waals surface area contributed by atoms with E-state index in [0.29, 0.717) is 32.6 Å². The SMILES string of the molecule is Cc1cc(C)n(/C(N)=N/S(=O)(=O)c2cc(-c3nnc(-c4ccc(Cl)cc4)o3)c(Cl)cc2SCc2ccccc2)n1. The number of thioether (sulfide) groups is 1. The highest BCUT2D eigenvalue weighted by atomic mass is 35.5. The van der Waals surface area contributed by atoms with Gasteiger partial charge in [-0.2, -0.15) is 13.5 Å². The third-order valence-corrected chi connectivity index (χ3v) is 8.88. The summed E-state index contributed by atoms with van der Waals surface area (Å²) in [6.07, 6.45) is 0. The molecule has 2 aromatic heterocycles. The molecule has 5 rings (SSSR count). The van der Waals surface area contributed by atoms with Crippen LogP contribution in [0.1, 0.15) is 17.0 Å². The summed E-state index contributed by atoms with van der Waals surface area (Å²) in [5, 5.41) is 13.2. The molecular formula is C27H22Cl2N6O3S2. The third kappa shape index (κ3) is 6.07. The molecule has 0 atom stereocenters. The van der Waals surface area contributed by atoms with Gasteiger partial charge in [-0.1, -0.05) is 53.5 Å². The highest BCUT2D eigenvalue weighted by Gasteiger charge is 2.25. The van der Waals surface area contributed by atoms with Gasteiger partial charge in [-0.05, 0) is 61.9 Å². The Labute approximate surface area is 245 Å². The van der Waals surface area contributed by atoms with Crippen LogP contribution < -0.4 is 5.73 Å². The van der Waals surface area contributed by atoms with Gasteiger partial charge in [0.2, 0.25) is 17.7 Å². The second kappa shape index (κ2) is 11.5. The van der Waals surface area contributed by atoms with Gasteiger partial charge in [-0.25, -0.2) is 4.68 Å². The van der Waals surface area contributed by atoms with Crippen molar-refractivity contribution < 1.29 is 12.8 Å². The summed E-state index contributed by atoms with van der Waals surface area (Å²) in [5.74, 6) is 0.476. The molecule has 0 aliphatic rings. The van der Waals surface area contributed by atoms with E-state index in [1.807, 2.05) is 30.3 Å². The average Bonchev–Trinajstić information content (AvgIpc) is 3.54. The quantitative estimate of drug-likeness (QED) is 0.127. The molecular weight excluding hydrogens is 591 g/mol. The van der Waals surface area contributed by atoms with Gasteiger partial charge in [0.1, 0.15) is 4.90 Å². The third-order valence-electron chi connectivity index (χ3n) is 5.74. The molecule has 3 aromatic carbocycles. The Morgan fingerprint density at radius 2 is 1.70 bits per heavy atom. The average molecular weight is 614 g/mol. The number of rotatable bonds is 7. The fourth-order valence-corrected chi connectivity index (χ4v) is 6.71. The minimum atomic E-state index is -4.33. The first-order valence-corrected chi connectivity index (χ1v) is 15.0. The molecule has 2 heterocycles. The molecule has 0 bridgehead atoms. The molecule has 204 valence electrons. The van der Waals surface area contributed by atoms with E-state index in [9.17, 15) is 8.42 Å². The number of nitrogens with zero attached hydrogens (tertiary/aromatic N) is 5. The zero-order valence-electron chi connectivity index (χ0n) is 21.2. The van der Waals surface area contributed by atoms with E-state index in [1.165, 1.54) is 22.5 Å². The fourth-order valence-electron chi connectivity index (χ4n) is 3.86. The topological polar surface area (TPSA) is 129 Å². The summed E-state index contributed by atoms with van der Waals surface area (Å²) in [4.78, 5) is 0.281. The van der Waals surface area contributed by atoms with Gasteiger partial charge in [-0.3, -0.25) is 0 Å². The summed E-state index contributed by atoms with van der Waals surface area (Å²) in [6.45, 7) is 3.53. The number of benzene rings is 3. The lowest BCUT2D eigenvalue weighted by molar-refractivity contribution is 0.584. The number of aryl methyl sites for hydroxylation is 2. The van der Waals surface area contributed by atoms with Gasteiger partial charge in [0, 0.05) is 26.9 Å². The zero-order valence-corrected chi connectivity index (χ0v) is 24.4. The van der Waals surface area contributed by atoms with Crippen molar-refractivity contribution in [1.29, 1.82) is 0 Å². The normalized spacial score (nSPS) is 12.2. The molecule has 40 heavy (non-hydrogen) atoms. The number of aromatic nitrogens is 4. The van der Waals surface area contributed by atoms with E-state index in [1.54, 1.807) is 50.2 Å². The van der Waals surface area contributed by atoms with Crippen LogP contribution in [0.25, 0.3) is 22.9 Å². The molecule has 0 spiro atoms. The Kier molecular flexibility index (Phi) is 7.99. The van der Waals surface area contributed by atoms with E-state index in [0.717, 1.165) is 5.56 Å². The first-order valence-electron chi connectivity index (χ1n) is 11.8. The molecule has 9 nitrogen and oxygen atoms in total. The van der Waals surface area contributed by atoms with Crippen molar-refractivity contribution >= 4 is 50.9 Å². The maximum absolute atomic E-state index is 13.7. The van der Waals surface area contributed by atoms with Crippen LogP contribution in [0.3, 0.4) is 0 Å². The maximum atomic E-state index is 13.7. The van der Waals surface area contributed by atoms with Crippen molar-refractivity contribution in [2.45, 2.75) is 29.4 Å². The highest BCUT2D eigenvalue weighted by Crippen LogP contribution is 2.39. The van der Waals surface area contributed by atoms with Crippen molar-refractivity contribution in [2.24, 2.45) is 10.1 Å². The maximum Gasteiger partial charge on any atom is 0.286 e. The molecule has 0 aliphatic heterocycles. The smallest absolute Gasteiger partial charge is 0.286 e. The lowest BCUT2D eigenvalue weighted by Gasteiger charge is -2.12. The van der Waals surface area contributed by atoms with Crippen LogP contribution >= 0.6 is 35.0 Å². The van der Waals surface area contributed by atoms with Crippen molar-refractivity contribution in [2.75, 3.05) is 0 Å². The Morgan fingerprint density at radius 1 is 1.00 bits per heavy atom. The van der Waals surface area contributed by atoms with E-state index >= 15 is 0 Å². The van der Waals surface area contributed by atoms with Gasteiger partial charge in [0.05, 0.1) is 16.3 Å². The lowest BCUT2D eigenvalue weighted by Crippen LogP contribution is -2.26. The Morgan fingerprint density at radius 3 is 2.38 bits per heavy atom. The molecule has 0 saturated carbocycles. The van der Waals surface area contributed by atoms with Crippen LogP contribution in [0, 0.1) is 13.8 Å². The van der Waals surface area contributed by atoms with E-state index in [2.05, 4.69) is 19.7 Å². The van der Waals surface area contributed by atoms with Crippen LogP contribution in [0.5, 0.6) is 0 Å². The van der Waals surface area contributed by atoms with Gasteiger partial charge >= 0.3 is 0 Å². The van der Waals surface area contributed by atoms with Crippen molar-refractivity contribution in [3.8, 4) is 22.9 Å². The van der Waals surface area contributed by atoms with E-state index in [-0.39, 0.29) is 33.2 Å². The predicted octanol–water partition coefficient (Wildman–Crippen LogP) is 6.37. The molecule has 0 unspecified atom stereocenters. The van der Waals surface area contributed by atoms with Gasteiger partial charge in [-0.15, -0.1) is 26.4 Å². The minimum absolute atomic E-state index is 0.0431. The number of sulfonamides is 1. The Balaban J connectivity index is 1.58. The van der Waals surface area contributed by atoms with Gasteiger partial charge in [0.15, 0.2) is 0 Å². The molecule has 2 N–H and O–H groups in total. The summed E-state index contributed by atoms with van der Waals surface area (Å²) < 4.78 is 38.4. The number of halogens is 2. The summed E-state index contributed by atoms with van der Waals surface area (Å²) >= 11 is 13.9. The van der Waals surface area contributed by atoms with E-state index < -0.39 is 10.0 Å². The van der Waals surface area contributed by atoms with Crippen LogP contribution in [-0.2, 0) is 15.8 Å². The number of nitrogens with two attached hydrogens (primary N) is 1. The van der Waals surface area contributed by atoms with Gasteiger partial charge in [0.25, 0.3) is 10.0 Å². The molecule has 13 heteroatoms. The summed E-state index contributed by atoms with van der Waals surface area (Å²) in [6, 6.07) is 21.2. The largest absolute Gasteiger partial charge is 0.416 e. The van der Waals surface area contributed by atoms with Crippen LogP contribution in [-0.4, -0.2) is 34.4 Å². The molecule has 5 aromatic rings. The Hall–Kier alpha value is -3.64. The molecule has 0 aliphatic carbocycles. The van der Waals surface area contributed by atoms with Crippen LogP contribution in [0.15, 0.2) is 91.4 Å². The number of hydrogen-bond donors (Lipinski definition) is 1. The van der Waals surface area contributed by atoms with Crippen molar-refractivity contribution in [1.82, 2.24) is 20.0 Å². The zero-order chi connectivity index (χ0) is 28.4. The monoisotopic (exact) mass is 612 g/mol. The Bertz CT molecular complexity index is 1820. The van der Waals surface area contributed by atoms with Crippen LogP contribution in [0.4, 0.5) is 0 Å². The van der Waals surface area contributed by atoms with Gasteiger partial charge < -0.3 is 10.2 Å². The summed E-state index contributed by atoms with van der Waals surface area (Å²) in [7, 11) is -4.33. The highest BCUT2D eigenvalue weighted by molar-refractivity contribution is 7.99.